The molecule has 1 aromatic heterocycles. The average Bonchev–Trinajstić information content (AvgIpc) is 3.24. The van der Waals surface area contributed by atoms with E-state index in [0.29, 0.717) is 31.9 Å². The van der Waals surface area contributed by atoms with Gasteiger partial charge in [-0.15, -0.1) is 0 Å². The number of carbonyl (C=O) groups excluding carboxylic acids is 2. The Morgan fingerprint density at radius 3 is 2.67 bits per heavy atom. The standard InChI is InChI=1S/C22H26FN5O2/c1-14(29)27-11-9-17-18(13-27)25-22(26-21(17)24-2)19-4-3-10-28(19)20(30)12-15-5-7-16(23)8-6-15/h5-8,19H,3-4,9-13H2,1-2H3,(H,24,25,26)/t19-/m1/s1. The summed E-state index contributed by atoms with van der Waals surface area (Å²) in [5.74, 6) is 1.10. The summed E-state index contributed by atoms with van der Waals surface area (Å²) >= 11 is 0. The van der Waals surface area contributed by atoms with Crippen molar-refractivity contribution < 1.29 is 14.0 Å². The number of anilines is 1. The maximum absolute atomic E-state index is 13.2. The quantitative estimate of drug-likeness (QED) is 0.836. The first-order valence-electron chi connectivity index (χ1n) is 10.3. The molecule has 1 N–H and O–H groups in total. The maximum atomic E-state index is 13.2. The molecule has 3 heterocycles. The maximum Gasteiger partial charge on any atom is 0.227 e. The van der Waals surface area contributed by atoms with Gasteiger partial charge in [0, 0.05) is 32.6 Å². The number of hydrogen-bond donors (Lipinski definition) is 1. The number of hydrogen-bond acceptors (Lipinski definition) is 5. The van der Waals surface area contributed by atoms with Crippen molar-refractivity contribution in [3.8, 4) is 0 Å². The molecule has 0 bridgehead atoms. The fourth-order valence-electron chi connectivity index (χ4n) is 4.29. The second kappa shape index (κ2) is 8.38. The van der Waals surface area contributed by atoms with Gasteiger partial charge < -0.3 is 15.1 Å². The highest BCUT2D eigenvalue weighted by molar-refractivity contribution is 5.79. The van der Waals surface area contributed by atoms with Crippen LogP contribution in [0.3, 0.4) is 0 Å². The van der Waals surface area contributed by atoms with Gasteiger partial charge in [-0.05, 0) is 37.0 Å². The summed E-state index contributed by atoms with van der Waals surface area (Å²) in [4.78, 5) is 38.0. The number of rotatable bonds is 4. The van der Waals surface area contributed by atoms with Gasteiger partial charge in [-0.2, -0.15) is 0 Å². The van der Waals surface area contributed by atoms with Gasteiger partial charge in [0.15, 0.2) is 5.82 Å². The zero-order valence-corrected chi connectivity index (χ0v) is 17.3. The SMILES string of the molecule is CNc1nc([C@H]2CCCN2C(=O)Cc2ccc(F)cc2)nc2c1CCN(C(C)=O)C2. The second-order valence-corrected chi connectivity index (χ2v) is 7.84. The number of carbonyl (C=O) groups is 2. The van der Waals surface area contributed by atoms with E-state index in [1.165, 1.54) is 12.1 Å². The molecular formula is C22H26FN5O2. The number of likely N-dealkylation sites (tertiary alicyclic amines) is 1. The van der Waals surface area contributed by atoms with Crippen LogP contribution in [0.15, 0.2) is 24.3 Å². The van der Waals surface area contributed by atoms with E-state index in [1.54, 1.807) is 24.0 Å². The topological polar surface area (TPSA) is 78.4 Å². The first-order chi connectivity index (χ1) is 14.5. The molecular weight excluding hydrogens is 385 g/mol. The first-order valence-corrected chi connectivity index (χ1v) is 10.3. The first kappa shape index (κ1) is 20.3. The molecule has 30 heavy (non-hydrogen) atoms. The third kappa shape index (κ3) is 3.99. The molecule has 0 aliphatic carbocycles. The summed E-state index contributed by atoms with van der Waals surface area (Å²) in [6.45, 7) is 3.34. The van der Waals surface area contributed by atoms with Crippen LogP contribution in [0, 0.1) is 5.82 Å². The molecule has 2 aliphatic heterocycles. The van der Waals surface area contributed by atoms with E-state index in [1.807, 2.05) is 11.9 Å². The number of fused-ring (bicyclic) bond motifs is 1. The van der Waals surface area contributed by atoms with Crippen molar-refractivity contribution in [3.05, 3.63) is 52.7 Å². The van der Waals surface area contributed by atoms with E-state index in [4.69, 9.17) is 9.97 Å². The Labute approximate surface area is 175 Å². The Balaban J connectivity index is 1.59. The monoisotopic (exact) mass is 411 g/mol. The van der Waals surface area contributed by atoms with Crippen molar-refractivity contribution in [1.82, 2.24) is 19.8 Å². The van der Waals surface area contributed by atoms with Crippen LogP contribution < -0.4 is 5.32 Å². The van der Waals surface area contributed by atoms with Crippen LogP contribution >= 0.6 is 0 Å². The molecule has 158 valence electrons. The highest BCUT2D eigenvalue weighted by Crippen LogP contribution is 2.33. The van der Waals surface area contributed by atoms with Gasteiger partial charge in [-0.25, -0.2) is 14.4 Å². The third-order valence-corrected chi connectivity index (χ3v) is 5.90. The molecule has 7 nitrogen and oxygen atoms in total. The van der Waals surface area contributed by atoms with Gasteiger partial charge in [0.05, 0.1) is 24.7 Å². The fraction of sp³-hybridized carbons (Fsp3) is 0.455. The van der Waals surface area contributed by atoms with Gasteiger partial charge in [0.25, 0.3) is 0 Å². The molecule has 2 aliphatic rings. The molecule has 0 radical (unpaired) electrons. The lowest BCUT2D eigenvalue weighted by Crippen LogP contribution is -2.37. The Morgan fingerprint density at radius 2 is 1.97 bits per heavy atom. The zero-order chi connectivity index (χ0) is 21.3. The summed E-state index contributed by atoms with van der Waals surface area (Å²) in [5, 5.41) is 3.16. The highest BCUT2D eigenvalue weighted by atomic mass is 19.1. The van der Waals surface area contributed by atoms with Crippen LogP contribution in [-0.2, 0) is 29.0 Å². The van der Waals surface area contributed by atoms with Crippen LogP contribution in [0.4, 0.5) is 10.2 Å². The Kier molecular flexibility index (Phi) is 5.65. The number of aromatic nitrogens is 2. The molecule has 4 rings (SSSR count). The van der Waals surface area contributed by atoms with Crippen molar-refractivity contribution in [2.45, 2.75) is 45.2 Å². The van der Waals surface area contributed by atoms with Crippen LogP contribution in [0.25, 0.3) is 0 Å². The van der Waals surface area contributed by atoms with Gasteiger partial charge in [0.2, 0.25) is 11.8 Å². The van der Waals surface area contributed by atoms with E-state index in [-0.39, 0.29) is 30.1 Å². The number of benzene rings is 1. The minimum atomic E-state index is -0.313. The lowest BCUT2D eigenvalue weighted by atomic mass is 10.0. The Morgan fingerprint density at radius 1 is 1.20 bits per heavy atom. The lowest BCUT2D eigenvalue weighted by molar-refractivity contribution is -0.131. The zero-order valence-electron chi connectivity index (χ0n) is 17.3. The lowest BCUT2D eigenvalue weighted by Gasteiger charge is -2.30. The molecule has 1 aromatic carbocycles. The van der Waals surface area contributed by atoms with E-state index in [9.17, 15) is 14.0 Å². The molecule has 0 unspecified atom stereocenters. The Bertz CT molecular complexity index is 963. The van der Waals surface area contributed by atoms with Crippen LogP contribution in [0.1, 0.15) is 48.5 Å². The minimum absolute atomic E-state index is 0.0122. The summed E-state index contributed by atoms with van der Waals surface area (Å²) < 4.78 is 13.2. The van der Waals surface area contributed by atoms with Crippen LogP contribution in [-0.4, -0.2) is 51.7 Å². The second-order valence-electron chi connectivity index (χ2n) is 7.84. The van der Waals surface area contributed by atoms with Gasteiger partial charge >= 0.3 is 0 Å². The average molecular weight is 411 g/mol. The van der Waals surface area contributed by atoms with E-state index in [2.05, 4.69) is 5.32 Å². The predicted octanol–water partition coefficient (Wildman–Crippen LogP) is 2.47. The van der Waals surface area contributed by atoms with Crippen molar-refractivity contribution >= 4 is 17.6 Å². The molecule has 0 spiro atoms. The molecule has 1 fully saturated rings. The minimum Gasteiger partial charge on any atom is -0.373 e. The Hall–Kier alpha value is -3.03. The van der Waals surface area contributed by atoms with Crippen molar-refractivity contribution in [2.24, 2.45) is 0 Å². The number of halogens is 1. The molecule has 1 atom stereocenters. The van der Waals surface area contributed by atoms with Crippen molar-refractivity contribution in [1.29, 1.82) is 0 Å². The largest absolute Gasteiger partial charge is 0.373 e. The smallest absolute Gasteiger partial charge is 0.227 e. The van der Waals surface area contributed by atoms with Crippen LogP contribution in [0.5, 0.6) is 0 Å². The molecule has 0 saturated carbocycles. The number of nitrogens with zero attached hydrogens (tertiary/aromatic N) is 4. The third-order valence-electron chi connectivity index (χ3n) is 5.90. The normalized spacial score (nSPS) is 18.3. The molecule has 2 aromatic rings. The highest BCUT2D eigenvalue weighted by Gasteiger charge is 2.34. The van der Waals surface area contributed by atoms with Crippen molar-refractivity contribution in [2.75, 3.05) is 25.5 Å². The molecule has 1 saturated heterocycles. The molecule has 8 heteroatoms. The fourth-order valence-corrected chi connectivity index (χ4v) is 4.29. The summed E-state index contributed by atoms with van der Waals surface area (Å²) in [6, 6.07) is 5.84. The summed E-state index contributed by atoms with van der Waals surface area (Å²) in [5.41, 5.74) is 2.68. The summed E-state index contributed by atoms with van der Waals surface area (Å²) in [6.07, 6.45) is 2.62. The van der Waals surface area contributed by atoms with Gasteiger partial charge in [-0.1, -0.05) is 12.1 Å². The van der Waals surface area contributed by atoms with E-state index >= 15 is 0 Å². The van der Waals surface area contributed by atoms with E-state index < -0.39 is 0 Å². The van der Waals surface area contributed by atoms with E-state index in [0.717, 1.165) is 35.5 Å². The number of nitrogens with one attached hydrogen (secondary N) is 1. The summed E-state index contributed by atoms with van der Waals surface area (Å²) in [7, 11) is 1.83. The van der Waals surface area contributed by atoms with Gasteiger partial charge in [0.1, 0.15) is 11.6 Å². The number of amides is 2. The van der Waals surface area contributed by atoms with Gasteiger partial charge in [-0.3, -0.25) is 9.59 Å². The van der Waals surface area contributed by atoms with Crippen molar-refractivity contribution in [3.63, 3.8) is 0 Å². The predicted molar refractivity (Wildman–Crippen MR) is 110 cm³/mol. The molecule has 2 amide bonds. The van der Waals surface area contributed by atoms with Crippen LogP contribution in [0.2, 0.25) is 0 Å².